The fourth-order valence-corrected chi connectivity index (χ4v) is 2.36. The van der Waals surface area contributed by atoms with Gasteiger partial charge in [-0.1, -0.05) is 29.8 Å². The van der Waals surface area contributed by atoms with Crippen LogP contribution in [-0.4, -0.2) is 37.4 Å². The molecular weight excluding hydrogens is 328 g/mol. The van der Waals surface area contributed by atoms with E-state index in [1.165, 1.54) is 0 Å². The predicted octanol–water partition coefficient (Wildman–Crippen LogP) is 2.26. The molecule has 0 spiro atoms. The summed E-state index contributed by atoms with van der Waals surface area (Å²) < 4.78 is 5.17. The second kappa shape index (κ2) is 8.98. The Morgan fingerprint density at radius 2 is 2.04 bits per heavy atom. The van der Waals surface area contributed by atoms with Crippen LogP contribution in [0.4, 0.5) is 0 Å². The van der Waals surface area contributed by atoms with Crippen LogP contribution in [0.2, 0.25) is 5.02 Å². The molecular formula is C17H21ClN4O2. The summed E-state index contributed by atoms with van der Waals surface area (Å²) in [6, 6.07) is 11.2. The van der Waals surface area contributed by atoms with E-state index in [1.54, 1.807) is 19.4 Å². The molecule has 1 aromatic heterocycles. The quantitative estimate of drug-likeness (QED) is 0.620. The van der Waals surface area contributed by atoms with E-state index in [1.807, 2.05) is 42.3 Å². The number of benzene rings is 1. The smallest absolute Gasteiger partial charge is 0.239 e. The lowest BCUT2D eigenvalue weighted by Gasteiger charge is -2.22. The lowest BCUT2D eigenvalue weighted by atomic mass is 10.2. The zero-order valence-corrected chi connectivity index (χ0v) is 14.5. The van der Waals surface area contributed by atoms with E-state index in [2.05, 4.69) is 15.6 Å². The van der Waals surface area contributed by atoms with Crippen LogP contribution < -0.4 is 10.6 Å². The first-order chi connectivity index (χ1) is 11.6. The summed E-state index contributed by atoms with van der Waals surface area (Å²) in [5.41, 5.74) is 0.992. The highest BCUT2D eigenvalue weighted by Crippen LogP contribution is 2.16. The molecule has 1 amide bonds. The van der Waals surface area contributed by atoms with Gasteiger partial charge in [0, 0.05) is 25.7 Å². The first-order valence-corrected chi connectivity index (χ1v) is 7.92. The largest absolute Gasteiger partial charge is 0.467 e. The molecule has 0 radical (unpaired) electrons. The summed E-state index contributed by atoms with van der Waals surface area (Å²) in [5, 5.41) is 6.51. The van der Waals surface area contributed by atoms with Gasteiger partial charge in [0.1, 0.15) is 5.76 Å². The van der Waals surface area contributed by atoms with Crippen molar-refractivity contribution < 1.29 is 9.21 Å². The fraction of sp³-hybridized carbons (Fsp3) is 0.294. The molecule has 2 N–H and O–H groups in total. The van der Waals surface area contributed by atoms with Crippen LogP contribution in [0.1, 0.15) is 11.3 Å². The highest BCUT2D eigenvalue weighted by Gasteiger charge is 2.10. The Morgan fingerprint density at radius 3 is 2.71 bits per heavy atom. The Kier molecular flexibility index (Phi) is 6.69. The molecule has 7 heteroatoms. The third-order valence-electron chi connectivity index (χ3n) is 3.39. The molecule has 0 aliphatic carbocycles. The summed E-state index contributed by atoms with van der Waals surface area (Å²) >= 11 is 6.17. The zero-order chi connectivity index (χ0) is 17.4. The number of guanidine groups is 1. The van der Waals surface area contributed by atoms with E-state index < -0.39 is 0 Å². The van der Waals surface area contributed by atoms with E-state index in [9.17, 15) is 4.79 Å². The van der Waals surface area contributed by atoms with E-state index in [0.29, 0.717) is 29.8 Å². The van der Waals surface area contributed by atoms with Gasteiger partial charge in [-0.3, -0.25) is 9.79 Å². The molecule has 2 aromatic rings. The van der Waals surface area contributed by atoms with Crippen molar-refractivity contribution in [3.63, 3.8) is 0 Å². The number of carbonyl (C=O) groups is 1. The summed E-state index contributed by atoms with van der Waals surface area (Å²) in [5.74, 6) is 1.19. The van der Waals surface area contributed by atoms with Crippen LogP contribution >= 0.6 is 11.6 Å². The van der Waals surface area contributed by atoms with Gasteiger partial charge in [-0.2, -0.15) is 0 Å². The number of hydrogen-bond donors (Lipinski definition) is 2. The Balaban J connectivity index is 1.80. The number of hydrogen-bond acceptors (Lipinski definition) is 3. The van der Waals surface area contributed by atoms with Gasteiger partial charge < -0.3 is 20.0 Å². The van der Waals surface area contributed by atoms with Gasteiger partial charge in [0.05, 0.1) is 19.4 Å². The second-order valence-electron chi connectivity index (χ2n) is 5.20. The number of nitrogens with zero attached hydrogens (tertiary/aromatic N) is 2. The van der Waals surface area contributed by atoms with Crippen LogP contribution in [0.3, 0.4) is 0 Å². The number of amides is 1. The van der Waals surface area contributed by atoms with Gasteiger partial charge in [-0.05, 0) is 23.8 Å². The van der Waals surface area contributed by atoms with Crippen LogP contribution in [0.5, 0.6) is 0 Å². The molecule has 24 heavy (non-hydrogen) atoms. The van der Waals surface area contributed by atoms with E-state index >= 15 is 0 Å². The lowest BCUT2D eigenvalue weighted by molar-refractivity contribution is -0.120. The van der Waals surface area contributed by atoms with E-state index in [-0.39, 0.29) is 12.5 Å². The highest BCUT2D eigenvalue weighted by molar-refractivity contribution is 6.31. The maximum absolute atomic E-state index is 11.9. The number of halogens is 1. The molecule has 128 valence electrons. The van der Waals surface area contributed by atoms with Crippen LogP contribution in [0, 0.1) is 0 Å². The van der Waals surface area contributed by atoms with Gasteiger partial charge in [-0.25, -0.2) is 0 Å². The minimum Gasteiger partial charge on any atom is -0.467 e. The van der Waals surface area contributed by atoms with E-state index in [0.717, 1.165) is 5.56 Å². The van der Waals surface area contributed by atoms with Gasteiger partial charge in [-0.15, -0.1) is 0 Å². The second-order valence-corrected chi connectivity index (χ2v) is 5.61. The van der Waals surface area contributed by atoms with Crippen LogP contribution in [0.25, 0.3) is 0 Å². The van der Waals surface area contributed by atoms with Crippen molar-refractivity contribution >= 4 is 23.5 Å². The van der Waals surface area contributed by atoms with Crippen molar-refractivity contribution in [1.29, 1.82) is 0 Å². The molecule has 0 aliphatic rings. The van der Waals surface area contributed by atoms with Crippen molar-refractivity contribution in [2.75, 3.05) is 20.6 Å². The number of nitrogens with one attached hydrogen (secondary N) is 2. The monoisotopic (exact) mass is 348 g/mol. The molecule has 0 fully saturated rings. The Hall–Kier alpha value is -2.47. The fourth-order valence-electron chi connectivity index (χ4n) is 2.16. The van der Waals surface area contributed by atoms with Crippen LogP contribution in [-0.2, 0) is 17.9 Å². The molecule has 0 saturated heterocycles. The van der Waals surface area contributed by atoms with E-state index in [4.69, 9.17) is 16.0 Å². The molecule has 0 atom stereocenters. The van der Waals surface area contributed by atoms with Gasteiger partial charge in [0.15, 0.2) is 5.96 Å². The molecule has 0 unspecified atom stereocenters. The predicted molar refractivity (Wildman–Crippen MR) is 94.8 cm³/mol. The maximum atomic E-state index is 11.9. The number of carbonyl (C=O) groups excluding carboxylic acids is 1. The first-order valence-electron chi connectivity index (χ1n) is 7.54. The molecule has 2 rings (SSSR count). The Morgan fingerprint density at radius 1 is 1.25 bits per heavy atom. The minimum absolute atomic E-state index is 0.125. The van der Waals surface area contributed by atoms with Crippen LogP contribution in [0.15, 0.2) is 52.1 Å². The molecule has 0 bridgehead atoms. The molecule has 6 nitrogen and oxygen atoms in total. The summed E-state index contributed by atoms with van der Waals surface area (Å²) in [6.07, 6.45) is 1.57. The Bertz CT molecular complexity index is 686. The van der Waals surface area contributed by atoms with Crippen molar-refractivity contribution in [1.82, 2.24) is 15.5 Å². The third kappa shape index (κ3) is 5.31. The summed E-state index contributed by atoms with van der Waals surface area (Å²) in [7, 11) is 3.56. The highest BCUT2D eigenvalue weighted by atomic mass is 35.5. The molecule has 0 aliphatic heterocycles. The number of furan rings is 1. The summed E-state index contributed by atoms with van der Waals surface area (Å²) in [6.45, 7) is 1.08. The van der Waals surface area contributed by atoms with Crippen molar-refractivity contribution in [3.05, 3.63) is 59.0 Å². The summed E-state index contributed by atoms with van der Waals surface area (Å²) in [4.78, 5) is 18.0. The normalized spacial score (nSPS) is 11.2. The molecule has 0 saturated carbocycles. The zero-order valence-electron chi connectivity index (χ0n) is 13.8. The number of aliphatic imine (C=N–C) groups is 1. The lowest BCUT2D eigenvalue weighted by Crippen LogP contribution is -2.43. The van der Waals surface area contributed by atoms with Crippen molar-refractivity contribution in [3.8, 4) is 0 Å². The minimum atomic E-state index is -0.140. The number of rotatable bonds is 6. The van der Waals surface area contributed by atoms with Crippen molar-refractivity contribution in [2.24, 2.45) is 4.99 Å². The van der Waals surface area contributed by atoms with Gasteiger partial charge >= 0.3 is 0 Å². The Labute approximate surface area is 146 Å². The molecule has 1 aromatic carbocycles. The maximum Gasteiger partial charge on any atom is 0.239 e. The standard InChI is InChI=1S/C17H21ClN4O2/c1-19-17(22(2)12-13-6-3-4-8-15(13)18)21-11-16(23)20-10-14-7-5-9-24-14/h3-9H,10-12H2,1-2H3,(H,19,21)(H,20,23). The first kappa shape index (κ1) is 17.9. The SMILES string of the molecule is CN=C(NCC(=O)NCc1ccco1)N(C)Cc1ccccc1Cl. The topological polar surface area (TPSA) is 69.9 Å². The van der Waals surface area contributed by atoms with Crippen molar-refractivity contribution in [2.45, 2.75) is 13.1 Å². The average Bonchev–Trinajstić information content (AvgIpc) is 3.09. The van der Waals surface area contributed by atoms with Gasteiger partial charge in [0.25, 0.3) is 0 Å². The third-order valence-corrected chi connectivity index (χ3v) is 3.75. The molecule has 1 heterocycles. The van der Waals surface area contributed by atoms with Gasteiger partial charge in [0.2, 0.25) is 5.91 Å². The average molecular weight is 349 g/mol.